The van der Waals surface area contributed by atoms with Crippen molar-refractivity contribution in [2.45, 2.75) is 46.8 Å². The smallest absolute Gasteiger partial charge is 0.254 e. The van der Waals surface area contributed by atoms with Crippen molar-refractivity contribution in [2.24, 2.45) is 5.92 Å². The van der Waals surface area contributed by atoms with Gasteiger partial charge in [-0.2, -0.15) is 0 Å². The second-order valence-electron chi connectivity index (χ2n) is 10.5. The Balaban J connectivity index is 1.53. The first kappa shape index (κ1) is 27.5. The van der Waals surface area contributed by atoms with Gasteiger partial charge in [0.05, 0.1) is 6.54 Å². The highest BCUT2D eigenvalue weighted by molar-refractivity contribution is 6.31. The summed E-state index contributed by atoms with van der Waals surface area (Å²) < 4.78 is 2.13. The number of aromatic nitrogens is 1. The highest BCUT2D eigenvalue weighted by atomic mass is 35.5. The Bertz CT molecular complexity index is 1410. The predicted octanol–water partition coefficient (Wildman–Crippen LogP) is 6.88. The highest BCUT2D eigenvalue weighted by Gasteiger charge is 2.25. The van der Waals surface area contributed by atoms with E-state index < -0.39 is 0 Å². The fourth-order valence-corrected chi connectivity index (χ4v) is 4.87. The summed E-state index contributed by atoms with van der Waals surface area (Å²) in [6.45, 7) is 9.83. The first-order valence-corrected chi connectivity index (χ1v) is 13.6. The Morgan fingerprint density at radius 3 is 2.29 bits per heavy atom. The van der Waals surface area contributed by atoms with Crippen LogP contribution in [-0.4, -0.2) is 45.3 Å². The molecule has 38 heavy (non-hydrogen) atoms. The number of hydrogen-bond donors (Lipinski definition) is 0. The van der Waals surface area contributed by atoms with Crippen molar-refractivity contribution in [3.8, 4) is 0 Å². The summed E-state index contributed by atoms with van der Waals surface area (Å²) in [5, 5.41) is 2.82. The van der Waals surface area contributed by atoms with E-state index in [1.54, 1.807) is 4.90 Å². The third-order valence-corrected chi connectivity index (χ3v) is 7.07. The normalized spacial score (nSPS) is 11.3. The third-order valence-electron chi connectivity index (χ3n) is 6.70. The first-order chi connectivity index (χ1) is 18.2. The van der Waals surface area contributed by atoms with Crippen molar-refractivity contribution < 1.29 is 9.59 Å². The van der Waals surface area contributed by atoms with E-state index in [2.05, 4.69) is 18.4 Å². The molecule has 0 aliphatic rings. The van der Waals surface area contributed by atoms with Crippen LogP contribution in [0.4, 0.5) is 0 Å². The molecule has 0 N–H and O–H groups in total. The molecule has 5 nitrogen and oxygen atoms in total. The fraction of sp³-hybridized carbons (Fsp3) is 0.312. The zero-order valence-corrected chi connectivity index (χ0v) is 23.4. The molecule has 3 aromatic carbocycles. The minimum atomic E-state index is -0.134. The second kappa shape index (κ2) is 12.3. The van der Waals surface area contributed by atoms with Gasteiger partial charge >= 0.3 is 0 Å². The molecule has 6 heteroatoms. The van der Waals surface area contributed by atoms with Crippen LogP contribution in [0.3, 0.4) is 0 Å². The lowest BCUT2D eigenvalue weighted by Gasteiger charge is -2.31. The van der Waals surface area contributed by atoms with Crippen LogP contribution in [0.1, 0.15) is 49.3 Å². The third kappa shape index (κ3) is 6.65. The molecule has 1 heterocycles. The molecule has 198 valence electrons. The lowest BCUT2D eigenvalue weighted by Crippen LogP contribution is -2.46. The van der Waals surface area contributed by atoms with Gasteiger partial charge in [-0.1, -0.05) is 74.0 Å². The summed E-state index contributed by atoms with van der Waals surface area (Å²) in [5.74, 6) is 0.0901. The van der Waals surface area contributed by atoms with Crippen molar-refractivity contribution >= 4 is 34.2 Å². The number of nitrogens with zero attached hydrogens (tertiary/aromatic N) is 3. The standard InChI is InChI=1S/C32H36ClN3O2/c1-23(2)19-35(21-29-13-9-17-34(29)20-28-12-7-8-14-30(28)33)31(37)22-36(24(3)4)32(38)27-16-15-25-10-5-6-11-26(25)18-27/h5-18,23-24H,19-22H2,1-4H3. The van der Waals surface area contributed by atoms with Crippen LogP contribution in [0.2, 0.25) is 5.02 Å². The van der Waals surface area contributed by atoms with Gasteiger partial charge in [0, 0.05) is 41.6 Å². The molecule has 0 fully saturated rings. The van der Waals surface area contributed by atoms with Gasteiger partial charge in [-0.25, -0.2) is 0 Å². The molecule has 4 rings (SSSR count). The van der Waals surface area contributed by atoms with E-state index in [9.17, 15) is 9.59 Å². The van der Waals surface area contributed by atoms with E-state index in [1.165, 1.54) is 0 Å². The number of rotatable bonds is 10. The van der Waals surface area contributed by atoms with E-state index >= 15 is 0 Å². The van der Waals surface area contributed by atoms with Crippen LogP contribution < -0.4 is 0 Å². The molecule has 0 spiro atoms. The van der Waals surface area contributed by atoms with E-state index in [0.29, 0.717) is 25.2 Å². The Morgan fingerprint density at radius 2 is 1.58 bits per heavy atom. The zero-order valence-electron chi connectivity index (χ0n) is 22.6. The molecule has 0 aliphatic carbocycles. The van der Waals surface area contributed by atoms with Crippen molar-refractivity contribution in [3.05, 3.63) is 107 Å². The van der Waals surface area contributed by atoms with Gasteiger partial charge in [0.25, 0.3) is 5.91 Å². The van der Waals surface area contributed by atoms with Crippen molar-refractivity contribution in [1.82, 2.24) is 14.4 Å². The van der Waals surface area contributed by atoms with Crippen LogP contribution in [0, 0.1) is 5.92 Å². The second-order valence-corrected chi connectivity index (χ2v) is 10.9. The van der Waals surface area contributed by atoms with Crippen LogP contribution in [0.15, 0.2) is 85.1 Å². The summed E-state index contributed by atoms with van der Waals surface area (Å²) in [4.78, 5) is 30.8. The molecule has 0 atom stereocenters. The Morgan fingerprint density at radius 1 is 0.868 bits per heavy atom. The minimum absolute atomic E-state index is 0.0290. The average Bonchev–Trinajstić information content (AvgIpc) is 3.33. The SMILES string of the molecule is CC(C)CN(Cc1cccn1Cc1ccccc1Cl)C(=O)CN(C(=O)c1ccc2ccccc2c1)C(C)C. The van der Waals surface area contributed by atoms with Crippen LogP contribution >= 0.6 is 11.6 Å². The first-order valence-electron chi connectivity index (χ1n) is 13.2. The molecule has 0 aliphatic heterocycles. The summed E-state index contributed by atoms with van der Waals surface area (Å²) in [6, 6.07) is 25.4. The fourth-order valence-electron chi connectivity index (χ4n) is 4.67. The number of halogens is 1. The lowest BCUT2D eigenvalue weighted by molar-refractivity contribution is -0.133. The predicted molar refractivity (Wildman–Crippen MR) is 155 cm³/mol. The highest BCUT2D eigenvalue weighted by Crippen LogP contribution is 2.20. The maximum Gasteiger partial charge on any atom is 0.254 e. The zero-order chi connectivity index (χ0) is 27.2. The Labute approximate surface area is 230 Å². The molecular weight excluding hydrogens is 494 g/mol. The van der Waals surface area contributed by atoms with Crippen molar-refractivity contribution in [1.29, 1.82) is 0 Å². The van der Waals surface area contributed by atoms with Gasteiger partial charge in [0.15, 0.2) is 0 Å². The maximum atomic E-state index is 13.7. The van der Waals surface area contributed by atoms with Crippen LogP contribution in [0.5, 0.6) is 0 Å². The monoisotopic (exact) mass is 529 g/mol. The maximum absolute atomic E-state index is 13.7. The Hall–Kier alpha value is -3.57. The van der Waals surface area contributed by atoms with Gasteiger partial charge in [0.1, 0.15) is 6.54 Å². The van der Waals surface area contributed by atoms with Crippen molar-refractivity contribution in [2.75, 3.05) is 13.1 Å². The number of hydrogen-bond acceptors (Lipinski definition) is 2. The number of carbonyl (C=O) groups excluding carboxylic acids is 2. The molecule has 0 radical (unpaired) electrons. The van der Waals surface area contributed by atoms with E-state index in [4.69, 9.17) is 11.6 Å². The van der Waals surface area contributed by atoms with Crippen LogP contribution in [-0.2, 0) is 17.9 Å². The summed E-state index contributed by atoms with van der Waals surface area (Å²) >= 11 is 6.40. The number of fused-ring (bicyclic) bond motifs is 1. The van der Waals surface area contributed by atoms with Gasteiger partial charge in [0.2, 0.25) is 5.91 Å². The van der Waals surface area contributed by atoms with E-state index in [0.717, 1.165) is 27.1 Å². The molecule has 0 saturated heterocycles. The Kier molecular flexibility index (Phi) is 8.90. The molecule has 4 aromatic rings. The molecule has 0 bridgehead atoms. The number of amides is 2. The van der Waals surface area contributed by atoms with E-state index in [1.807, 2.05) is 104 Å². The van der Waals surface area contributed by atoms with E-state index in [-0.39, 0.29) is 30.3 Å². The van der Waals surface area contributed by atoms with Gasteiger partial charge in [-0.3, -0.25) is 9.59 Å². The van der Waals surface area contributed by atoms with Crippen LogP contribution in [0.25, 0.3) is 10.8 Å². The lowest BCUT2D eigenvalue weighted by atomic mass is 10.1. The molecule has 1 aromatic heterocycles. The summed E-state index contributed by atoms with van der Waals surface area (Å²) in [5.41, 5.74) is 2.64. The van der Waals surface area contributed by atoms with Crippen molar-refractivity contribution in [3.63, 3.8) is 0 Å². The molecular formula is C32H36ClN3O2. The topological polar surface area (TPSA) is 45.6 Å². The average molecular weight is 530 g/mol. The van der Waals surface area contributed by atoms with Gasteiger partial charge in [-0.05, 0) is 66.4 Å². The molecule has 2 amide bonds. The molecule has 0 saturated carbocycles. The summed E-state index contributed by atoms with van der Waals surface area (Å²) in [6.07, 6.45) is 2.01. The number of carbonyl (C=O) groups is 2. The van der Waals surface area contributed by atoms with Gasteiger partial charge in [-0.15, -0.1) is 0 Å². The summed E-state index contributed by atoms with van der Waals surface area (Å²) in [7, 11) is 0. The quantitative estimate of drug-likeness (QED) is 0.225. The number of benzene rings is 3. The minimum Gasteiger partial charge on any atom is -0.345 e. The van der Waals surface area contributed by atoms with Gasteiger partial charge < -0.3 is 14.4 Å². The largest absolute Gasteiger partial charge is 0.345 e. The molecule has 0 unspecified atom stereocenters.